The molecule has 0 bridgehead atoms. The molecule has 1 saturated carbocycles. The van der Waals surface area contributed by atoms with Crippen LogP contribution in [0.1, 0.15) is 63.9 Å². The molecule has 2 fully saturated rings. The van der Waals surface area contributed by atoms with Crippen molar-refractivity contribution in [3.63, 3.8) is 0 Å². The first-order valence-electron chi connectivity index (χ1n) is 9.00. The molecule has 1 aliphatic carbocycles. The lowest BCUT2D eigenvalue weighted by atomic mass is 9.63. The Labute approximate surface area is 140 Å². The van der Waals surface area contributed by atoms with Gasteiger partial charge >= 0.3 is 0 Å². The Morgan fingerprint density at radius 3 is 2.45 bits per heavy atom. The van der Waals surface area contributed by atoms with Crippen LogP contribution >= 0.6 is 11.6 Å². The zero-order chi connectivity index (χ0) is 15.6. The van der Waals surface area contributed by atoms with Crippen LogP contribution < -0.4 is 5.32 Å². The lowest BCUT2D eigenvalue weighted by Crippen LogP contribution is -2.33. The summed E-state index contributed by atoms with van der Waals surface area (Å²) in [7, 11) is 0. The Morgan fingerprint density at radius 1 is 1.09 bits per heavy atom. The van der Waals surface area contributed by atoms with Gasteiger partial charge in [0.05, 0.1) is 0 Å². The normalized spacial score (nSPS) is 29.4. The third-order valence-electron chi connectivity index (χ3n) is 5.93. The molecule has 1 aromatic rings. The minimum Gasteiger partial charge on any atom is -0.317 e. The lowest BCUT2D eigenvalue weighted by Gasteiger charge is -2.43. The molecule has 1 aliphatic heterocycles. The Hall–Kier alpha value is -0.530. The fraction of sp³-hybridized carbons (Fsp3) is 0.700. The number of halogens is 1. The molecule has 122 valence electrons. The first kappa shape index (κ1) is 16.3. The molecule has 0 spiro atoms. The minimum absolute atomic E-state index is 0.481. The summed E-state index contributed by atoms with van der Waals surface area (Å²) in [6.45, 7) is 7.32. The number of piperidine rings is 1. The van der Waals surface area contributed by atoms with Crippen LogP contribution in [0.2, 0.25) is 5.02 Å². The smallest absolute Gasteiger partial charge is 0.0406 e. The maximum absolute atomic E-state index is 6.09. The maximum atomic E-state index is 6.09. The first-order chi connectivity index (χ1) is 10.5. The third-order valence-corrected chi connectivity index (χ3v) is 6.18. The Balaban J connectivity index is 1.75. The molecule has 1 N–H and O–H groups in total. The number of hydrogen-bond acceptors (Lipinski definition) is 1. The van der Waals surface area contributed by atoms with E-state index in [1.54, 1.807) is 0 Å². The van der Waals surface area contributed by atoms with Crippen molar-refractivity contribution in [2.45, 2.75) is 58.3 Å². The van der Waals surface area contributed by atoms with Gasteiger partial charge in [0.15, 0.2) is 0 Å². The van der Waals surface area contributed by atoms with E-state index in [1.165, 1.54) is 57.2 Å². The van der Waals surface area contributed by atoms with Crippen LogP contribution in [-0.4, -0.2) is 13.1 Å². The number of benzene rings is 1. The number of nitrogens with one attached hydrogen (secondary N) is 1. The highest BCUT2D eigenvalue weighted by molar-refractivity contribution is 6.30. The molecule has 0 radical (unpaired) electrons. The highest BCUT2D eigenvalue weighted by atomic mass is 35.5. The fourth-order valence-corrected chi connectivity index (χ4v) is 4.70. The predicted octanol–water partition coefficient (Wildman–Crippen LogP) is 5.64. The standard InChI is InChI=1S/C20H30ClN/c1-20(2)10-7-17(13-15-8-11-22-12-9-15)19(14-20)16-3-5-18(21)6-4-16/h3-6,15,17,19,22H,7-14H2,1-2H3. The molecule has 1 aromatic carbocycles. The van der Waals surface area contributed by atoms with Crippen molar-refractivity contribution in [2.24, 2.45) is 17.3 Å². The molecule has 0 aromatic heterocycles. The largest absolute Gasteiger partial charge is 0.317 e. The van der Waals surface area contributed by atoms with Gasteiger partial charge in [-0.05, 0) is 92.5 Å². The molecule has 2 heteroatoms. The van der Waals surface area contributed by atoms with E-state index in [9.17, 15) is 0 Å². The minimum atomic E-state index is 0.481. The second-order valence-corrected chi connectivity index (χ2v) is 8.69. The monoisotopic (exact) mass is 319 g/mol. The topological polar surface area (TPSA) is 12.0 Å². The lowest BCUT2D eigenvalue weighted by molar-refractivity contribution is 0.135. The molecule has 22 heavy (non-hydrogen) atoms. The van der Waals surface area contributed by atoms with E-state index in [0.29, 0.717) is 5.41 Å². The van der Waals surface area contributed by atoms with Gasteiger partial charge in [-0.1, -0.05) is 37.6 Å². The van der Waals surface area contributed by atoms with E-state index in [0.717, 1.165) is 22.8 Å². The summed E-state index contributed by atoms with van der Waals surface area (Å²) in [6.07, 6.45) is 8.26. The van der Waals surface area contributed by atoms with E-state index in [4.69, 9.17) is 11.6 Å². The van der Waals surface area contributed by atoms with E-state index in [2.05, 4.69) is 43.4 Å². The van der Waals surface area contributed by atoms with Crippen LogP contribution in [0.5, 0.6) is 0 Å². The molecular weight excluding hydrogens is 290 g/mol. The van der Waals surface area contributed by atoms with Gasteiger partial charge < -0.3 is 5.32 Å². The zero-order valence-electron chi connectivity index (χ0n) is 14.1. The van der Waals surface area contributed by atoms with Crippen molar-refractivity contribution >= 4 is 11.6 Å². The van der Waals surface area contributed by atoms with Crippen LogP contribution in [0, 0.1) is 17.3 Å². The quantitative estimate of drug-likeness (QED) is 0.760. The van der Waals surface area contributed by atoms with Crippen molar-refractivity contribution in [2.75, 3.05) is 13.1 Å². The van der Waals surface area contributed by atoms with Gasteiger partial charge in [0, 0.05) is 5.02 Å². The van der Waals surface area contributed by atoms with Crippen LogP contribution in [0.3, 0.4) is 0 Å². The Morgan fingerprint density at radius 2 is 1.77 bits per heavy atom. The zero-order valence-corrected chi connectivity index (χ0v) is 14.8. The summed E-state index contributed by atoms with van der Waals surface area (Å²) < 4.78 is 0. The number of hydrogen-bond donors (Lipinski definition) is 1. The van der Waals surface area contributed by atoms with Crippen LogP contribution in [0.25, 0.3) is 0 Å². The van der Waals surface area contributed by atoms with E-state index < -0.39 is 0 Å². The molecule has 2 aliphatic rings. The summed E-state index contributed by atoms with van der Waals surface area (Å²) >= 11 is 6.09. The SMILES string of the molecule is CC1(C)CCC(CC2CCNCC2)C(c2ccc(Cl)cc2)C1. The molecule has 1 heterocycles. The highest BCUT2D eigenvalue weighted by Gasteiger charge is 2.36. The molecule has 1 nitrogen and oxygen atoms in total. The summed E-state index contributed by atoms with van der Waals surface area (Å²) in [5.74, 6) is 2.51. The highest BCUT2D eigenvalue weighted by Crippen LogP contribution is 2.49. The van der Waals surface area contributed by atoms with Crippen molar-refractivity contribution < 1.29 is 0 Å². The van der Waals surface area contributed by atoms with Crippen LogP contribution in [-0.2, 0) is 0 Å². The van der Waals surface area contributed by atoms with Gasteiger partial charge in [0.1, 0.15) is 0 Å². The van der Waals surface area contributed by atoms with Crippen molar-refractivity contribution in [1.29, 1.82) is 0 Å². The van der Waals surface area contributed by atoms with E-state index >= 15 is 0 Å². The second-order valence-electron chi connectivity index (χ2n) is 8.25. The molecular formula is C20H30ClN. The van der Waals surface area contributed by atoms with Crippen molar-refractivity contribution in [3.8, 4) is 0 Å². The third kappa shape index (κ3) is 4.06. The average Bonchev–Trinajstić information content (AvgIpc) is 2.51. The molecule has 1 saturated heterocycles. The van der Waals surface area contributed by atoms with Gasteiger partial charge in [-0.15, -0.1) is 0 Å². The Kier molecular flexibility index (Phi) is 5.14. The number of rotatable bonds is 3. The molecule has 3 rings (SSSR count). The second kappa shape index (κ2) is 6.93. The summed E-state index contributed by atoms with van der Waals surface area (Å²) in [6, 6.07) is 8.67. The van der Waals surface area contributed by atoms with Crippen LogP contribution in [0.4, 0.5) is 0 Å². The molecule has 0 amide bonds. The Bertz CT molecular complexity index is 473. The van der Waals surface area contributed by atoms with E-state index in [1.807, 2.05) is 0 Å². The van der Waals surface area contributed by atoms with Gasteiger partial charge in [-0.3, -0.25) is 0 Å². The van der Waals surface area contributed by atoms with Gasteiger partial charge in [0.25, 0.3) is 0 Å². The van der Waals surface area contributed by atoms with Gasteiger partial charge in [-0.2, -0.15) is 0 Å². The maximum Gasteiger partial charge on any atom is 0.0406 e. The molecule has 2 unspecified atom stereocenters. The van der Waals surface area contributed by atoms with Gasteiger partial charge in [0.2, 0.25) is 0 Å². The van der Waals surface area contributed by atoms with Crippen molar-refractivity contribution in [3.05, 3.63) is 34.9 Å². The summed E-state index contributed by atoms with van der Waals surface area (Å²) in [5, 5.41) is 4.35. The van der Waals surface area contributed by atoms with E-state index in [-0.39, 0.29) is 0 Å². The summed E-state index contributed by atoms with van der Waals surface area (Å²) in [4.78, 5) is 0. The summed E-state index contributed by atoms with van der Waals surface area (Å²) in [5.41, 5.74) is 1.99. The van der Waals surface area contributed by atoms with Crippen LogP contribution in [0.15, 0.2) is 24.3 Å². The average molecular weight is 320 g/mol. The first-order valence-corrected chi connectivity index (χ1v) is 9.37. The van der Waals surface area contributed by atoms with Gasteiger partial charge in [-0.25, -0.2) is 0 Å². The van der Waals surface area contributed by atoms with Crippen molar-refractivity contribution in [1.82, 2.24) is 5.32 Å². The predicted molar refractivity (Wildman–Crippen MR) is 95.5 cm³/mol. The fourth-order valence-electron chi connectivity index (χ4n) is 4.57. The molecule has 2 atom stereocenters.